The molecule has 0 aromatic heterocycles. The van der Waals surface area contributed by atoms with Gasteiger partial charge in [0, 0.05) is 12.2 Å². The first-order chi connectivity index (χ1) is 11.3. The van der Waals surface area contributed by atoms with Crippen molar-refractivity contribution in [3.63, 3.8) is 0 Å². The van der Waals surface area contributed by atoms with Crippen molar-refractivity contribution in [1.29, 1.82) is 0 Å². The van der Waals surface area contributed by atoms with Gasteiger partial charge in [0.2, 0.25) is 15.9 Å². The molecule has 6 nitrogen and oxygen atoms in total. The van der Waals surface area contributed by atoms with Gasteiger partial charge in [-0.2, -0.15) is 0 Å². The SMILES string of the molecule is Cc1ccc(NC(=O)[C@@]23CCCC[C@H]2CNC3)cc1NS(C)(=O)=O.Cl. The van der Waals surface area contributed by atoms with Gasteiger partial charge >= 0.3 is 0 Å². The molecule has 1 saturated carbocycles. The maximum atomic E-state index is 13.0. The molecule has 0 unspecified atom stereocenters. The van der Waals surface area contributed by atoms with Gasteiger partial charge in [-0.1, -0.05) is 18.9 Å². The lowest BCUT2D eigenvalue weighted by Gasteiger charge is -2.37. The molecule has 2 fully saturated rings. The zero-order valence-electron chi connectivity index (χ0n) is 14.6. The van der Waals surface area contributed by atoms with Crippen LogP contribution in [0.15, 0.2) is 18.2 Å². The molecule has 2 atom stereocenters. The summed E-state index contributed by atoms with van der Waals surface area (Å²) in [5, 5.41) is 6.38. The highest BCUT2D eigenvalue weighted by atomic mass is 35.5. The molecule has 0 radical (unpaired) electrons. The number of benzene rings is 1. The fraction of sp³-hybridized carbons (Fsp3) is 0.588. The highest BCUT2D eigenvalue weighted by Gasteiger charge is 2.49. The van der Waals surface area contributed by atoms with Gasteiger partial charge in [-0.15, -0.1) is 12.4 Å². The van der Waals surface area contributed by atoms with Crippen molar-refractivity contribution < 1.29 is 13.2 Å². The second-order valence-electron chi connectivity index (χ2n) is 7.09. The van der Waals surface area contributed by atoms with Crippen LogP contribution >= 0.6 is 12.4 Å². The first-order valence-electron chi connectivity index (χ1n) is 8.41. The van der Waals surface area contributed by atoms with E-state index < -0.39 is 10.0 Å². The minimum absolute atomic E-state index is 0. The predicted molar refractivity (Wildman–Crippen MR) is 103 cm³/mol. The third-order valence-corrected chi connectivity index (χ3v) is 5.87. The van der Waals surface area contributed by atoms with Crippen molar-refractivity contribution in [2.24, 2.45) is 11.3 Å². The molecule has 1 heterocycles. The van der Waals surface area contributed by atoms with Gasteiger partial charge in [-0.05, 0) is 49.9 Å². The van der Waals surface area contributed by atoms with Crippen LogP contribution in [0.25, 0.3) is 0 Å². The van der Waals surface area contributed by atoms with Gasteiger partial charge in [0.15, 0.2) is 0 Å². The van der Waals surface area contributed by atoms with E-state index in [4.69, 9.17) is 0 Å². The fourth-order valence-corrected chi connectivity index (χ4v) is 4.57. The molecule has 1 amide bonds. The number of nitrogens with one attached hydrogen (secondary N) is 3. The molecule has 1 aromatic carbocycles. The Morgan fingerprint density at radius 2 is 2.08 bits per heavy atom. The number of sulfonamides is 1. The third kappa shape index (κ3) is 4.27. The van der Waals surface area contributed by atoms with Crippen LogP contribution in [0.4, 0.5) is 11.4 Å². The third-order valence-electron chi connectivity index (χ3n) is 5.28. The number of rotatable bonds is 4. The number of carbonyl (C=O) groups excluding carboxylic acids is 1. The number of anilines is 2. The predicted octanol–water partition coefficient (Wildman–Crippen LogP) is 2.51. The average molecular weight is 388 g/mol. The van der Waals surface area contributed by atoms with Gasteiger partial charge in [0.25, 0.3) is 0 Å². The van der Waals surface area contributed by atoms with Crippen molar-refractivity contribution in [2.45, 2.75) is 32.6 Å². The zero-order chi connectivity index (χ0) is 17.4. The number of fused-ring (bicyclic) bond motifs is 1. The molecule has 1 aliphatic carbocycles. The zero-order valence-corrected chi connectivity index (χ0v) is 16.2. The van der Waals surface area contributed by atoms with Gasteiger partial charge < -0.3 is 10.6 Å². The molecular weight excluding hydrogens is 362 g/mol. The van der Waals surface area contributed by atoms with E-state index in [1.54, 1.807) is 6.07 Å². The molecular formula is C17H26ClN3O3S. The summed E-state index contributed by atoms with van der Waals surface area (Å²) in [7, 11) is -3.35. The molecule has 2 aliphatic rings. The Labute approximate surface area is 155 Å². The number of aryl methyl sites for hydroxylation is 1. The summed E-state index contributed by atoms with van der Waals surface area (Å²) in [5.41, 5.74) is 1.61. The highest BCUT2D eigenvalue weighted by Crippen LogP contribution is 2.44. The average Bonchev–Trinajstić information content (AvgIpc) is 2.94. The molecule has 140 valence electrons. The first-order valence-corrected chi connectivity index (χ1v) is 10.3. The lowest BCUT2D eigenvalue weighted by Crippen LogP contribution is -2.44. The monoisotopic (exact) mass is 387 g/mol. The Hall–Kier alpha value is -1.31. The van der Waals surface area contributed by atoms with Gasteiger partial charge in [-0.3, -0.25) is 9.52 Å². The minimum Gasteiger partial charge on any atom is -0.325 e. The summed E-state index contributed by atoms with van der Waals surface area (Å²) in [6.07, 6.45) is 5.40. The Bertz CT molecular complexity index is 754. The Balaban J connectivity index is 0.00000225. The van der Waals surface area contributed by atoms with E-state index in [1.807, 2.05) is 19.1 Å². The van der Waals surface area contributed by atoms with Crippen LogP contribution in [-0.4, -0.2) is 33.7 Å². The van der Waals surface area contributed by atoms with Gasteiger partial charge in [0.05, 0.1) is 17.4 Å². The second kappa shape index (κ2) is 7.51. The first kappa shape index (κ1) is 20.0. The molecule has 8 heteroatoms. The van der Waals surface area contributed by atoms with Crippen LogP contribution in [0.3, 0.4) is 0 Å². The highest BCUT2D eigenvalue weighted by molar-refractivity contribution is 7.92. The molecule has 0 bridgehead atoms. The van der Waals surface area contributed by atoms with Crippen molar-refractivity contribution in [2.75, 3.05) is 29.4 Å². The van der Waals surface area contributed by atoms with Crippen LogP contribution in [0.2, 0.25) is 0 Å². The lowest BCUT2D eigenvalue weighted by atomic mass is 9.67. The van der Waals surface area contributed by atoms with E-state index in [9.17, 15) is 13.2 Å². The summed E-state index contributed by atoms with van der Waals surface area (Å²) in [6, 6.07) is 5.31. The van der Waals surface area contributed by atoms with Crippen LogP contribution in [0, 0.1) is 18.3 Å². The molecule has 1 saturated heterocycles. The quantitative estimate of drug-likeness (QED) is 0.740. The van der Waals surface area contributed by atoms with E-state index in [1.165, 1.54) is 6.42 Å². The standard InChI is InChI=1S/C17H25N3O3S.ClH/c1-12-6-7-14(9-15(12)20-24(2,22)23)19-16(21)17-8-4-3-5-13(17)10-18-11-17;/h6-7,9,13,18,20H,3-5,8,10-11H2,1-2H3,(H,19,21);1H/t13-,17+;/m0./s1. The second-order valence-corrected chi connectivity index (χ2v) is 8.84. The van der Waals surface area contributed by atoms with Crippen molar-refractivity contribution in [3.8, 4) is 0 Å². The summed E-state index contributed by atoms with van der Waals surface area (Å²) in [6.45, 7) is 3.46. The van der Waals surface area contributed by atoms with Crippen molar-refractivity contribution in [3.05, 3.63) is 23.8 Å². The van der Waals surface area contributed by atoms with Gasteiger partial charge in [0.1, 0.15) is 0 Å². The van der Waals surface area contributed by atoms with Gasteiger partial charge in [-0.25, -0.2) is 8.42 Å². The number of halogens is 1. The van der Waals surface area contributed by atoms with Crippen LogP contribution in [-0.2, 0) is 14.8 Å². The summed E-state index contributed by atoms with van der Waals surface area (Å²) in [4.78, 5) is 13.0. The molecule has 25 heavy (non-hydrogen) atoms. The summed E-state index contributed by atoms with van der Waals surface area (Å²) in [5.74, 6) is 0.441. The molecule has 1 aromatic rings. The van der Waals surface area contributed by atoms with E-state index in [-0.39, 0.29) is 23.7 Å². The van der Waals surface area contributed by atoms with Crippen LogP contribution < -0.4 is 15.4 Å². The number of carbonyl (C=O) groups is 1. The maximum Gasteiger partial charge on any atom is 0.232 e. The van der Waals surface area contributed by atoms with E-state index in [0.717, 1.165) is 44.2 Å². The number of amides is 1. The molecule has 1 aliphatic heterocycles. The number of hydrogen-bond acceptors (Lipinski definition) is 4. The topological polar surface area (TPSA) is 87.3 Å². The van der Waals surface area contributed by atoms with E-state index in [0.29, 0.717) is 17.3 Å². The van der Waals surface area contributed by atoms with Crippen LogP contribution in [0.5, 0.6) is 0 Å². The minimum atomic E-state index is -3.35. The Morgan fingerprint density at radius 1 is 1.32 bits per heavy atom. The number of hydrogen-bond donors (Lipinski definition) is 3. The summed E-state index contributed by atoms with van der Waals surface area (Å²) >= 11 is 0. The van der Waals surface area contributed by atoms with E-state index in [2.05, 4.69) is 15.4 Å². The smallest absolute Gasteiger partial charge is 0.232 e. The van der Waals surface area contributed by atoms with E-state index >= 15 is 0 Å². The van der Waals surface area contributed by atoms with Crippen molar-refractivity contribution in [1.82, 2.24) is 5.32 Å². The Morgan fingerprint density at radius 3 is 2.80 bits per heavy atom. The molecule has 3 N–H and O–H groups in total. The maximum absolute atomic E-state index is 13.0. The summed E-state index contributed by atoms with van der Waals surface area (Å²) < 4.78 is 25.4. The lowest BCUT2D eigenvalue weighted by molar-refractivity contribution is -0.128. The molecule has 3 rings (SSSR count). The normalized spacial score (nSPS) is 25.6. The molecule has 0 spiro atoms. The van der Waals surface area contributed by atoms with Crippen molar-refractivity contribution >= 4 is 39.7 Å². The van der Waals surface area contributed by atoms with Crippen LogP contribution in [0.1, 0.15) is 31.2 Å². The Kier molecular flexibility index (Phi) is 6.01. The largest absolute Gasteiger partial charge is 0.325 e. The fourth-order valence-electron chi connectivity index (χ4n) is 3.96.